The van der Waals surface area contributed by atoms with E-state index in [2.05, 4.69) is 15.4 Å². The van der Waals surface area contributed by atoms with Crippen LogP contribution in [0.4, 0.5) is 0 Å². The van der Waals surface area contributed by atoms with Crippen LogP contribution < -0.4 is 10.6 Å². The van der Waals surface area contributed by atoms with Crippen LogP contribution in [-0.2, 0) is 42.8 Å². The highest BCUT2D eigenvalue weighted by atomic mass is 16.8. The lowest BCUT2D eigenvalue weighted by atomic mass is 10.1. The van der Waals surface area contributed by atoms with Gasteiger partial charge in [0.1, 0.15) is 24.9 Å². The fourth-order valence-corrected chi connectivity index (χ4v) is 3.25. The molecule has 0 aromatic carbocycles. The molecule has 2 N–H and O–H groups in total. The Bertz CT molecular complexity index is 666. The first kappa shape index (κ1) is 21.7. The van der Waals surface area contributed by atoms with Crippen LogP contribution in [-0.4, -0.2) is 87.7 Å². The molecular weight excluding hydrogens is 388 g/mol. The summed E-state index contributed by atoms with van der Waals surface area (Å²) in [6.07, 6.45) is 1.21. The molecule has 11 nitrogen and oxygen atoms in total. The minimum Gasteiger partial charge on any atom is -0.467 e. The fourth-order valence-electron chi connectivity index (χ4n) is 3.25. The predicted molar refractivity (Wildman–Crippen MR) is 95.4 cm³/mol. The number of hydrogen-bond acceptors (Lipinski definition) is 9. The van der Waals surface area contributed by atoms with Crippen LogP contribution in [0, 0.1) is 0 Å². The van der Waals surface area contributed by atoms with Crippen molar-refractivity contribution in [1.29, 1.82) is 0 Å². The normalized spacial score (nSPS) is 36.6. The Hall–Kier alpha value is -2.05. The Labute approximate surface area is 168 Å². The van der Waals surface area contributed by atoms with Gasteiger partial charge in [0.15, 0.2) is 18.1 Å². The average Bonchev–Trinajstić information content (AvgIpc) is 3.13. The smallest absolute Gasteiger partial charge is 0.330 e. The first-order valence-electron chi connectivity index (χ1n) is 9.30. The molecule has 3 aliphatic rings. The number of rotatable bonds is 1. The van der Waals surface area contributed by atoms with Gasteiger partial charge in [-0.05, 0) is 13.8 Å². The van der Waals surface area contributed by atoms with Gasteiger partial charge in [-0.3, -0.25) is 9.59 Å². The molecule has 1 unspecified atom stereocenters. The Morgan fingerprint density at radius 2 is 2.00 bits per heavy atom. The molecule has 2 amide bonds. The third kappa shape index (κ3) is 5.52. The second kappa shape index (κ2) is 9.18. The lowest BCUT2D eigenvalue weighted by molar-refractivity contribution is -0.212. The zero-order valence-corrected chi connectivity index (χ0v) is 16.5. The van der Waals surface area contributed by atoms with Crippen LogP contribution in [0.15, 0.2) is 12.2 Å². The molecule has 29 heavy (non-hydrogen) atoms. The lowest BCUT2D eigenvalue weighted by Crippen LogP contribution is -2.48. The molecule has 5 atom stereocenters. The number of hydrogen-bond donors (Lipinski definition) is 2. The molecule has 11 heteroatoms. The second-order valence-corrected chi connectivity index (χ2v) is 7.23. The maximum Gasteiger partial charge on any atom is 0.330 e. The number of amides is 2. The molecule has 0 aromatic rings. The molecule has 2 saturated heterocycles. The molecular formula is C18H26N2O9. The zero-order chi connectivity index (χ0) is 21.0. The SMILES string of the molecule is COC(=O)C1COC/C=C/[C@H]2O[C@@H]3OC(C)(C)O[C@@H]3[C@H]2OCC(=O)NCC(=O)N1. The van der Waals surface area contributed by atoms with Crippen LogP contribution in [0.1, 0.15) is 13.8 Å². The van der Waals surface area contributed by atoms with Crippen LogP contribution in [0.25, 0.3) is 0 Å². The molecule has 3 heterocycles. The topological polar surface area (TPSA) is 131 Å². The highest BCUT2D eigenvalue weighted by Gasteiger charge is 2.54. The third-order valence-corrected chi connectivity index (χ3v) is 4.53. The van der Waals surface area contributed by atoms with E-state index in [1.165, 1.54) is 7.11 Å². The van der Waals surface area contributed by atoms with E-state index in [0.717, 1.165) is 0 Å². The van der Waals surface area contributed by atoms with Gasteiger partial charge in [-0.25, -0.2) is 4.79 Å². The minimum atomic E-state index is -0.988. The van der Waals surface area contributed by atoms with Crippen molar-refractivity contribution in [1.82, 2.24) is 10.6 Å². The van der Waals surface area contributed by atoms with E-state index in [1.807, 2.05) is 0 Å². The van der Waals surface area contributed by atoms with Gasteiger partial charge in [-0.15, -0.1) is 0 Å². The van der Waals surface area contributed by atoms with Gasteiger partial charge < -0.3 is 39.1 Å². The molecule has 3 aliphatic heterocycles. The zero-order valence-electron chi connectivity index (χ0n) is 16.5. The minimum absolute atomic E-state index is 0.0895. The van der Waals surface area contributed by atoms with Crippen LogP contribution in [0.5, 0.6) is 0 Å². The summed E-state index contributed by atoms with van der Waals surface area (Å²) in [5.41, 5.74) is 0. The van der Waals surface area contributed by atoms with E-state index >= 15 is 0 Å². The monoisotopic (exact) mass is 414 g/mol. The molecule has 162 valence electrons. The summed E-state index contributed by atoms with van der Waals surface area (Å²) in [5, 5.41) is 4.89. The van der Waals surface area contributed by atoms with E-state index in [1.54, 1.807) is 26.0 Å². The van der Waals surface area contributed by atoms with Crippen molar-refractivity contribution in [3.63, 3.8) is 0 Å². The van der Waals surface area contributed by atoms with E-state index in [-0.39, 0.29) is 26.4 Å². The van der Waals surface area contributed by atoms with E-state index in [0.29, 0.717) is 0 Å². The summed E-state index contributed by atoms with van der Waals surface area (Å²) in [6.45, 7) is 2.99. The summed E-state index contributed by atoms with van der Waals surface area (Å²) < 4.78 is 33.3. The summed E-state index contributed by atoms with van der Waals surface area (Å²) in [7, 11) is 1.21. The number of esters is 1. The number of fused-ring (bicyclic) bond motifs is 3. The molecule has 0 bridgehead atoms. The largest absolute Gasteiger partial charge is 0.467 e. The molecule has 3 rings (SSSR count). The Morgan fingerprint density at radius 1 is 1.21 bits per heavy atom. The van der Waals surface area contributed by atoms with Crippen molar-refractivity contribution in [2.75, 3.05) is 33.5 Å². The van der Waals surface area contributed by atoms with E-state index in [4.69, 9.17) is 23.7 Å². The summed E-state index contributed by atoms with van der Waals surface area (Å²) in [4.78, 5) is 35.9. The Balaban J connectivity index is 1.70. The molecule has 0 aromatic heterocycles. The van der Waals surface area contributed by atoms with Gasteiger partial charge in [0, 0.05) is 0 Å². The average molecular weight is 414 g/mol. The summed E-state index contributed by atoms with van der Waals surface area (Å²) >= 11 is 0. The number of ether oxygens (including phenoxy) is 6. The molecule has 0 saturated carbocycles. The highest BCUT2D eigenvalue weighted by molar-refractivity contribution is 5.88. The predicted octanol–water partition coefficient (Wildman–Crippen LogP) is -1.39. The fraction of sp³-hybridized carbons (Fsp3) is 0.722. The van der Waals surface area contributed by atoms with Crippen molar-refractivity contribution < 1.29 is 42.8 Å². The molecule has 0 aliphatic carbocycles. The van der Waals surface area contributed by atoms with Gasteiger partial charge in [0.05, 0.1) is 26.9 Å². The first-order valence-corrected chi connectivity index (χ1v) is 9.30. The Morgan fingerprint density at radius 3 is 2.76 bits per heavy atom. The van der Waals surface area contributed by atoms with Crippen LogP contribution in [0.2, 0.25) is 0 Å². The van der Waals surface area contributed by atoms with E-state index in [9.17, 15) is 14.4 Å². The van der Waals surface area contributed by atoms with Crippen molar-refractivity contribution in [3.05, 3.63) is 12.2 Å². The van der Waals surface area contributed by atoms with Gasteiger partial charge >= 0.3 is 5.97 Å². The van der Waals surface area contributed by atoms with Gasteiger partial charge in [-0.1, -0.05) is 12.2 Å². The number of nitrogens with one attached hydrogen (secondary N) is 2. The van der Waals surface area contributed by atoms with E-state index < -0.39 is 54.2 Å². The summed E-state index contributed by atoms with van der Waals surface area (Å²) in [6, 6.07) is -0.988. The summed E-state index contributed by atoms with van der Waals surface area (Å²) in [5.74, 6) is -2.52. The van der Waals surface area contributed by atoms with Gasteiger partial charge in [-0.2, -0.15) is 0 Å². The standard InChI is InChI=1S/C18H26N2O9/c1-18(2)28-15-14-11(27-17(15)29-18)5-4-6-25-8-10(16(23)24-3)20-12(21)7-19-13(22)9-26-14/h4-5,10-11,14-15,17H,6-9H2,1-3H3,(H,19,22)(H,20,21)/b5-4+/t10?,11-,14+,15-,17-/m1/s1. The van der Waals surface area contributed by atoms with Gasteiger partial charge in [0.25, 0.3) is 0 Å². The highest BCUT2D eigenvalue weighted by Crippen LogP contribution is 2.39. The third-order valence-electron chi connectivity index (χ3n) is 4.53. The Kier molecular flexibility index (Phi) is 6.85. The molecule has 2 fully saturated rings. The molecule has 0 spiro atoms. The molecule has 0 radical (unpaired) electrons. The number of carbonyl (C=O) groups is 3. The van der Waals surface area contributed by atoms with Crippen LogP contribution >= 0.6 is 0 Å². The first-order chi connectivity index (χ1) is 13.8. The van der Waals surface area contributed by atoms with Crippen molar-refractivity contribution >= 4 is 17.8 Å². The van der Waals surface area contributed by atoms with Crippen molar-refractivity contribution in [2.24, 2.45) is 0 Å². The maximum absolute atomic E-state index is 12.1. The lowest BCUT2D eigenvalue weighted by Gasteiger charge is -2.24. The number of methoxy groups -OCH3 is 1. The maximum atomic E-state index is 12.1. The van der Waals surface area contributed by atoms with Crippen molar-refractivity contribution in [3.8, 4) is 0 Å². The van der Waals surface area contributed by atoms with Crippen LogP contribution in [0.3, 0.4) is 0 Å². The van der Waals surface area contributed by atoms with Crippen molar-refractivity contribution in [2.45, 2.75) is 50.3 Å². The quantitative estimate of drug-likeness (QED) is 0.393. The second-order valence-electron chi connectivity index (χ2n) is 7.23. The number of carbonyl (C=O) groups excluding carboxylic acids is 3. The van der Waals surface area contributed by atoms with Gasteiger partial charge in [0.2, 0.25) is 11.8 Å².